The second-order valence-corrected chi connectivity index (χ2v) is 6.22. The summed E-state index contributed by atoms with van der Waals surface area (Å²) in [5, 5.41) is 5.11. The molecule has 0 spiro atoms. The maximum atomic E-state index is 12.7. The van der Waals surface area contributed by atoms with Crippen molar-refractivity contribution in [3.63, 3.8) is 0 Å². The number of aromatic nitrogens is 3. The van der Waals surface area contributed by atoms with Crippen molar-refractivity contribution >= 4 is 11.6 Å². The Morgan fingerprint density at radius 2 is 2.00 bits per heavy atom. The predicted molar refractivity (Wildman–Crippen MR) is 96.0 cm³/mol. The number of aryl methyl sites for hydroxylation is 1. The molecule has 2 heterocycles. The fourth-order valence-corrected chi connectivity index (χ4v) is 2.48. The minimum atomic E-state index is -0.181. The third-order valence-corrected chi connectivity index (χ3v) is 3.85. The van der Waals surface area contributed by atoms with Crippen LogP contribution in [0.25, 0.3) is 16.9 Å². The highest BCUT2D eigenvalue weighted by Crippen LogP contribution is 2.23. The second kappa shape index (κ2) is 6.52. The maximum absolute atomic E-state index is 12.7. The fraction of sp³-hybridized carbons (Fsp3) is 0.222. The number of pyridine rings is 1. The van der Waals surface area contributed by atoms with Gasteiger partial charge in [-0.15, -0.1) is 0 Å². The number of H-pyrrole nitrogens is 1. The van der Waals surface area contributed by atoms with E-state index in [1.165, 1.54) is 4.68 Å². The molecule has 1 N–H and O–H groups in total. The van der Waals surface area contributed by atoms with Gasteiger partial charge in [-0.1, -0.05) is 23.4 Å². The lowest BCUT2D eigenvalue weighted by Gasteiger charge is -2.04. The lowest BCUT2D eigenvalue weighted by Crippen LogP contribution is -2.14. The molecule has 3 rings (SSSR count). The van der Waals surface area contributed by atoms with Crippen LogP contribution in [0.2, 0.25) is 5.02 Å². The van der Waals surface area contributed by atoms with E-state index in [9.17, 15) is 4.79 Å². The van der Waals surface area contributed by atoms with Crippen LogP contribution in [0.3, 0.4) is 0 Å². The number of benzene rings is 1. The van der Waals surface area contributed by atoms with Crippen LogP contribution in [0.15, 0.2) is 35.3 Å². The molecule has 24 heavy (non-hydrogen) atoms. The summed E-state index contributed by atoms with van der Waals surface area (Å²) in [6.45, 7) is 2.56. The molecule has 5 nitrogen and oxygen atoms in total. The summed E-state index contributed by atoms with van der Waals surface area (Å²) in [6.07, 6.45) is 1.68. The van der Waals surface area contributed by atoms with Crippen LogP contribution >= 0.6 is 11.6 Å². The number of rotatable bonds is 2. The summed E-state index contributed by atoms with van der Waals surface area (Å²) in [5.74, 6) is 6.23. The van der Waals surface area contributed by atoms with E-state index < -0.39 is 0 Å². The summed E-state index contributed by atoms with van der Waals surface area (Å²) in [7, 11) is 3.92. The van der Waals surface area contributed by atoms with Crippen molar-refractivity contribution in [1.29, 1.82) is 0 Å². The molecule has 0 aliphatic carbocycles. The van der Waals surface area contributed by atoms with Crippen LogP contribution in [0.5, 0.6) is 0 Å². The van der Waals surface area contributed by atoms with Gasteiger partial charge in [0.1, 0.15) is 5.69 Å². The highest BCUT2D eigenvalue weighted by atomic mass is 35.5. The predicted octanol–water partition coefficient (Wildman–Crippen LogP) is 2.54. The molecule has 6 heteroatoms. The van der Waals surface area contributed by atoms with Gasteiger partial charge >= 0.3 is 0 Å². The molecule has 0 bridgehead atoms. The Morgan fingerprint density at radius 3 is 2.67 bits per heavy atom. The zero-order valence-corrected chi connectivity index (χ0v) is 14.5. The third-order valence-electron chi connectivity index (χ3n) is 3.60. The molecule has 0 saturated carbocycles. The number of aromatic amines is 1. The van der Waals surface area contributed by atoms with Crippen molar-refractivity contribution in [1.82, 2.24) is 19.7 Å². The van der Waals surface area contributed by atoms with E-state index in [1.807, 2.05) is 25.9 Å². The summed E-state index contributed by atoms with van der Waals surface area (Å²) in [6, 6.07) is 7.00. The molecule has 0 radical (unpaired) electrons. The van der Waals surface area contributed by atoms with Crippen molar-refractivity contribution in [2.24, 2.45) is 0 Å². The van der Waals surface area contributed by atoms with Gasteiger partial charge in [-0.25, -0.2) is 0 Å². The van der Waals surface area contributed by atoms with Gasteiger partial charge in [0.15, 0.2) is 0 Å². The topological polar surface area (TPSA) is 53.9 Å². The van der Waals surface area contributed by atoms with E-state index in [1.54, 1.807) is 30.5 Å². The zero-order valence-electron chi connectivity index (χ0n) is 13.7. The number of nitrogens with zero attached hydrogens (tertiary/aromatic N) is 3. The first-order chi connectivity index (χ1) is 11.5. The van der Waals surface area contributed by atoms with E-state index in [2.05, 4.69) is 21.9 Å². The number of halogens is 1. The molecule has 2 aliphatic heterocycles. The molecule has 0 fully saturated rings. The van der Waals surface area contributed by atoms with Gasteiger partial charge in [-0.3, -0.25) is 9.69 Å². The smallest absolute Gasteiger partial charge is 0.282 e. The second-order valence-electron chi connectivity index (χ2n) is 5.78. The third kappa shape index (κ3) is 3.07. The first-order valence-corrected chi connectivity index (χ1v) is 7.85. The monoisotopic (exact) mass is 340 g/mol. The fourth-order valence-electron chi connectivity index (χ4n) is 2.36. The average Bonchev–Trinajstić information content (AvgIpc) is 2.87. The number of hydrogen-bond donors (Lipinski definition) is 1. The minimum absolute atomic E-state index is 0.181. The Balaban J connectivity index is 2.15. The standard InChI is InChI=1S/C18H17ClN4O/c1-12-15(5-4-10-22(2)3)17-16(11-20-12)18(24)23(21-17)14-8-6-13(19)7-9-14/h6-9,11,20H,10H2,1-3H3. The molecule has 0 amide bonds. The van der Waals surface area contributed by atoms with Crippen molar-refractivity contribution < 1.29 is 0 Å². The molecule has 1 aromatic carbocycles. The number of hydrogen-bond acceptors (Lipinski definition) is 3. The Kier molecular flexibility index (Phi) is 4.43. The normalized spacial score (nSPS) is 10.9. The van der Waals surface area contributed by atoms with Crippen molar-refractivity contribution in [3.05, 3.63) is 57.1 Å². The largest absolute Gasteiger partial charge is 0.363 e. The molecule has 2 aliphatic rings. The van der Waals surface area contributed by atoms with Crippen molar-refractivity contribution in [2.75, 3.05) is 20.6 Å². The van der Waals surface area contributed by atoms with E-state index in [4.69, 9.17) is 11.6 Å². The van der Waals surface area contributed by atoms with Gasteiger partial charge in [-0.2, -0.15) is 9.78 Å². The van der Waals surface area contributed by atoms with E-state index in [0.29, 0.717) is 28.5 Å². The lowest BCUT2D eigenvalue weighted by atomic mass is 10.1. The molecular weight excluding hydrogens is 324 g/mol. The highest BCUT2D eigenvalue weighted by Gasteiger charge is 2.20. The first kappa shape index (κ1) is 16.3. The average molecular weight is 341 g/mol. The molecule has 122 valence electrons. The van der Waals surface area contributed by atoms with E-state index in [0.717, 1.165) is 11.3 Å². The van der Waals surface area contributed by atoms with Crippen LogP contribution in [0.1, 0.15) is 11.3 Å². The first-order valence-electron chi connectivity index (χ1n) is 7.48. The molecular formula is C18H17ClN4O. The summed E-state index contributed by atoms with van der Waals surface area (Å²) in [5.41, 5.74) is 3.25. The van der Waals surface area contributed by atoms with Gasteiger partial charge in [-0.05, 0) is 45.3 Å². The van der Waals surface area contributed by atoms with Crippen LogP contribution in [-0.2, 0) is 0 Å². The minimum Gasteiger partial charge on any atom is -0.363 e. The van der Waals surface area contributed by atoms with Crippen molar-refractivity contribution in [2.45, 2.75) is 6.92 Å². The van der Waals surface area contributed by atoms with E-state index >= 15 is 0 Å². The van der Waals surface area contributed by atoms with Gasteiger partial charge in [0.2, 0.25) is 0 Å². The summed E-state index contributed by atoms with van der Waals surface area (Å²) in [4.78, 5) is 17.7. The Morgan fingerprint density at radius 1 is 1.29 bits per heavy atom. The van der Waals surface area contributed by atoms with Gasteiger partial charge in [0, 0.05) is 16.9 Å². The summed E-state index contributed by atoms with van der Waals surface area (Å²) < 4.78 is 1.38. The van der Waals surface area contributed by atoms with Gasteiger partial charge in [0.25, 0.3) is 5.56 Å². The number of fused-ring (bicyclic) bond motifs is 1. The van der Waals surface area contributed by atoms with Crippen LogP contribution in [0, 0.1) is 18.8 Å². The van der Waals surface area contributed by atoms with Gasteiger partial charge in [0.05, 0.1) is 23.4 Å². The summed E-state index contributed by atoms with van der Waals surface area (Å²) >= 11 is 5.91. The molecule has 1 aromatic rings. The number of nitrogens with one attached hydrogen (secondary N) is 1. The zero-order chi connectivity index (χ0) is 17.3. The highest BCUT2D eigenvalue weighted by molar-refractivity contribution is 6.30. The molecule has 0 aromatic heterocycles. The van der Waals surface area contributed by atoms with Crippen LogP contribution in [-0.4, -0.2) is 40.3 Å². The SMILES string of the molecule is Cc1[nH]cc2c(=O)n(-c3ccc(Cl)cc3)nc-2c1C#CCN(C)C. The molecule has 0 atom stereocenters. The van der Waals surface area contributed by atoms with E-state index in [-0.39, 0.29) is 5.56 Å². The van der Waals surface area contributed by atoms with Crippen LogP contribution < -0.4 is 5.56 Å². The Hall–Kier alpha value is -2.55. The maximum Gasteiger partial charge on any atom is 0.282 e. The molecule has 0 saturated heterocycles. The Bertz CT molecular complexity index is 957. The van der Waals surface area contributed by atoms with Crippen LogP contribution in [0.4, 0.5) is 0 Å². The lowest BCUT2D eigenvalue weighted by molar-refractivity contribution is 0.464. The molecule has 0 unspecified atom stereocenters. The Labute approximate surface area is 145 Å². The van der Waals surface area contributed by atoms with Gasteiger partial charge < -0.3 is 4.98 Å². The van der Waals surface area contributed by atoms with Crippen molar-refractivity contribution in [3.8, 4) is 28.8 Å². The quantitative estimate of drug-likeness (QED) is 0.729.